The normalized spacial score (nSPS) is 12.5. The molecule has 0 saturated heterocycles. The molecule has 0 aromatic carbocycles. The molecule has 3 heteroatoms. The number of hydrogen-bond donors (Lipinski definition) is 1. The maximum Gasteiger partial charge on any atom is 0.137 e. The monoisotopic (exact) mass is 194 g/mol. The van der Waals surface area contributed by atoms with Crippen LogP contribution in [0.1, 0.15) is 19.5 Å². The van der Waals surface area contributed by atoms with E-state index in [1.54, 1.807) is 6.20 Å². The summed E-state index contributed by atoms with van der Waals surface area (Å²) in [4.78, 5) is 4.30. The third-order valence-corrected chi connectivity index (χ3v) is 2.07. The van der Waals surface area contributed by atoms with Crippen LogP contribution in [0.25, 0.3) is 0 Å². The maximum absolute atomic E-state index is 5.55. The molecule has 0 aliphatic rings. The van der Waals surface area contributed by atoms with E-state index in [4.69, 9.17) is 10.5 Å². The van der Waals surface area contributed by atoms with Gasteiger partial charge in [-0.15, -0.1) is 0 Å². The smallest absolute Gasteiger partial charge is 0.137 e. The Morgan fingerprint density at radius 2 is 2.29 bits per heavy atom. The van der Waals surface area contributed by atoms with Gasteiger partial charge in [0.25, 0.3) is 0 Å². The first-order valence-corrected chi connectivity index (χ1v) is 5.04. The molecule has 0 radical (unpaired) electrons. The van der Waals surface area contributed by atoms with E-state index >= 15 is 0 Å². The standard InChI is InChI=1S/C11H18N2O/c1-3-14-11-5-4-10(13-8-11)6-9(2)7-12/h4-5,8-9H,3,6-7,12H2,1-2H3. The van der Waals surface area contributed by atoms with Gasteiger partial charge in [-0.3, -0.25) is 4.98 Å². The lowest BCUT2D eigenvalue weighted by Gasteiger charge is -2.08. The summed E-state index contributed by atoms with van der Waals surface area (Å²) in [6.07, 6.45) is 2.70. The molecule has 1 rings (SSSR count). The van der Waals surface area contributed by atoms with Gasteiger partial charge in [-0.25, -0.2) is 0 Å². The Kier molecular flexibility index (Phi) is 4.40. The van der Waals surface area contributed by atoms with Gasteiger partial charge < -0.3 is 10.5 Å². The van der Waals surface area contributed by atoms with Gasteiger partial charge >= 0.3 is 0 Å². The number of aromatic nitrogens is 1. The zero-order valence-corrected chi connectivity index (χ0v) is 8.86. The van der Waals surface area contributed by atoms with Crippen LogP contribution in [0.5, 0.6) is 5.75 Å². The topological polar surface area (TPSA) is 48.1 Å². The Morgan fingerprint density at radius 3 is 2.79 bits per heavy atom. The molecule has 0 fully saturated rings. The maximum atomic E-state index is 5.55. The van der Waals surface area contributed by atoms with E-state index < -0.39 is 0 Å². The largest absolute Gasteiger partial charge is 0.492 e. The zero-order chi connectivity index (χ0) is 10.4. The molecule has 1 heterocycles. The lowest BCUT2D eigenvalue weighted by Crippen LogP contribution is -2.13. The van der Waals surface area contributed by atoms with Gasteiger partial charge in [-0.1, -0.05) is 6.92 Å². The van der Waals surface area contributed by atoms with Crippen LogP contribution in [0.15, 0.2) is 18.3 Å². The summed E-state index contributed by atoms with van der Waals surface area (Å²) >= 11 is 0. The van der Waals surface area contributed by atoms with Crippen molar-refractivity contribution in [3.8, 4) is 5.75 Å². The van der Waals surface area contributed by atoms with E-state index in [0.717, 1.165) is 17.9 Å². The van der Waals surface area contributed by atoms with Gasteiger partial charge in [0, 0.05) is 5.69 Å². The second-order valence-electron chi connectivity index (χ2n) is 3.46. The first-order chi connectivity index (χ1) is 6.76. The predicted octanol–water partition coefficient (Wildman–Crippen LogP) is 1.62. The number of pyridine rings is 1. The van der Waals surface area contributed by atoms with Crippen LogP contribution in [0.3, 0.4) is 0 Å². The number of nitrogens with zero attached hydrogens (tertiary/aromatic N) is 1. The van der Waals surface area contributed by atoms with E-state index in [-0.39, 0.29) is 0 Å². The van der Waals surface area contributed by atoms with E-state index in [9.17, 15) is 0 Å². The molecule has 14 heavy (non-hydrogen) atoms. The lowest BCUT2D eigenvalue weighted by molar-refractivity contribution is 0.338. The highest BCUT2D eigenvalue weighted by Gasteiger charge is 2.02. The fourth-order valence-electron chi connectivity index (χ4n) is 1.22. The Labute approximate surface area is 85.3 Å². The second kappa shape index (κ2) is 5.60. The number of rotatable bonds is 5. The van der Waals surface area contributed by atoms with Crippen molar-refractivity contribution in [2.45, 2.75) is 20.3 Å². The number of ether oxygens (including phenoxy) is 1. The summed E-state index contributed by atoms with van der Waals surface area (Å²) in [5.74, 6) is 1.32. The minimum Gasteiger partial charge on any atom is -0.492 e. The van der Waals surface area contributed by atoms with Crippen LogP contribution >= 0.6 is 0 Å². The first-order valence-electron chi connectivity index (χ1n) is 5.04. The minimum atomic E-state index is 0.487. The van der Waals surface area contributed by atoms with E-state index in [0.29, 0.717) is 19.1 Å². The molecule has 0 bridgehead atoms. The van der Waals surface area contributed by atoms with Crippen LogP contribution < -0.4 is 10.5 Å². The highest BCUT2D eigenvalue weighted by Crippen LogP contribution is 2.11. The molecule has 3 nitrogen and oxygen atoms in total. The molecule has 1 unspecified atom stereocenters. The van der Waals surface area contributed by atoms with Crippen molar-refractivity contribution < 1.29 is 4.74 Å². The van der Waals surface area contributed by atoms with Gasteiger partial charge in [0.05, 0.1) is 12.8 Å². The Balaban J connectivity index is 2.54. The van der Waals surface area contributed by atoms with Crippen molar-refractivity contribution >= 4 is 0 Å². The van der Waals surface area contributed by atoms with E-state index in [1.165, 1.54) is 0 Å². The molecule has 78 valence electrons. The van der Waals surface area contributed by atoms with Gasteiger partial charge in [-0.05, 0) is 37.9 Å². The molecule has 0 saturated carbocycles. The third kappa shape index (κ3) is 3.34. The van der Waals surface area contributed by atoms with Crippen molar-refractivity contribution in [2.75, 3.05) is 13.2 Å². The summed E-state index contributed by atoms with van der Waals surface area (Å²) in [7, 11) is 0. The fourth-order valence-corrected chi connectivity index (χ4v) is 1.22. The van der Waals surface area contributed by atoms with Crippen molar-refractivity contribution in [3.05, 3.63) is 24.0 Å². The van der Waals surface area contributed by atoms with Crippen molar-refractivity contribution in [1.82, 2.24) is 4.98 Å². The van der Waals surface area contributed by atoms with Crippen molar-refractivity contribution in [1.29, 1.82) is 0 Å². The molecule has 0 amide bonds. The number of hydrogen-bond acceptors (Lipinski definition) is 3. The van der Waals surface area contributed by atoms with Gasteiger partial charge in [-0.2, -0.15) is 0 Å². The summed E-state index contributed by atoms with van der Waals surface area (Å²) in [5.41, 5.74) is 6.62. The molecular weight excluding hydrogens is 176 g/mol. The molecule has 2 N–H and O–H groups in total. The summed E-state index contributed by atoms with van der Waals surface area (Å²) in [6, 6.07) is 3.95. The molecule has 0 aliphatic heterocycles. The molecule has 0 aliphatic carbocycles. The predicted molar refractivity (Wildman–Crippen MR) is 57.3 cm³/mol. The van der Waals surface area contributed by atoms with Crippen LogP contribution in [0, 0.1) is 5.92 Å². The molecule has 1 aromatic heterocycles. The number of nitrogens with two attached hydrogens (primary N) is 1. The highest BCUT2D eigenvalue weighted by molar-refractivity contribution is 5.20. The van der Waals surface area contributed by atoms with Gasteiger partial charge in [0.2, 0.25) is 0 Å². The Morgan fingerprint density at radius 1 is 1.50 bits per heavy atom. The second-order valence-corrected chi connectivity index (χ2v) is 3.46. The van der Waals surface area contributed by atoms with Crippen LogP contribution in [0.4, 0.5) is 0 Å². The molecular formula is C11H18N2O. The molecule has 1 aromatic rings. The lowest BCUT2D eigenvalue weighted by atomic mass is 10.1. The quantitative estimate of drug-likeness (QED) is 0.774. The van der Waals surface area contributed by atoms with Gasteiger partial charge in [0.1, 0.15) is 5.75 Å². The van der Waals surface area contributed by atoms with Gasteiger partial charge in [0.15, 0.2) is 0 Å². The first kappa shape index (κ1) is 11.0. The molecule has 1 atom stereocenters. The fraction of sp³-hybridized carbons (Fsp3) is 0.545. The Hall–Kier alpha value is -1.09. The van der Waals surface area contributed by atoms with Crippen molar-refractivity contribution in [2.24, 2.45) is 11.7 Å². The summed E-state index contributed by atoms with van der Waals surface area (Å²) < 4.78 is 5.30. The molecule has 0 spiro atoms. The summed E-state index contributed by atoms with van der Waals surface area (Å²) in [5, 5.41) is 0. The zero-order valence-electron chi connectivity index (χ0n) is 8.86. The highest BCUT2D eigenvalue weighted by atomic mass is 16.5. The van der Waals surface area contributed by atoms with Crippen LogP contribution in [-0.4, -0.2) is 18.1 Å². The van der Waals surface area contributed by atoms with E-state index in [1.807, 2.05) is 19.1 Å². The average molecular weight is 194 g/mol. The minimum absolute atomic E-state index is 0.487. The van der Waals surface area contributed by atoms with Crippen LogP contribution in [-0.2, 0) is 6.42 Å². The SMILES string of the molecule is CCOc1ccc(CC(C)CN)nc1. The average Bonchev–Trinajstić information content (AvgIpc) is 2.21. The Bertz CT molecular complexity index is 258. The van der Waals surface area contributed by atoms with Crippen molar-refractivity contribution in [3.63, 3.8) is 0 Å². The summed E-state index contributed by atoms with van der Waals surface area (Å²) in [6.45, 7) is 5.47. The van der Waals surface area contributed by atoms with E-state index in [2.05, 4.69) is 11.9 Å². The third-order valence-electron chi connectivity index (χ3n) is 2.07. The van der Waals surface area contributed by atoms with Crippen LogP contribution in [0.2, 0.25) is 0 Å².